The van der Waals surface area contributed by atoms with Gasteiger partial charge in [0, 0.05) is 32.6 Å². The van der Waals surface area contributed by atoms with Crippen molar-refractivity contribution in [2.45, 2.75) is 40.0 Å². The van der Waals surface area contributed by atoms with E-state index in [0.717, 1.165) is 22.3 Å². The number of ether oxygens (including phenoxy) is 2. The van der Waals surface area contributed by atoms with Crippen LogP contribution in [0, 0.1) is 23.7 Å². The summed E-state index contributed by atoms with van der Waals surface area (Å²) in [5.74, 6) is 11.6. The molecule has 218 valence electrons. The van der Waals surface area contributed by atoms with Gasteiger partial charge < -0.3 is 36.0 Å². The zero-order chi connectivity index (χ0) is 30.3. The van der Waals surface area contributed by atoms with E-state index < -0.39 is 12.2 Å². The Kier molecular flexibility index (Phi) is 18.1. The largest absolute Gasteiger partial charge is 0.439 e. The summed E-state index contributed by atoms with van der Waals surface area (Å²) in [5.41, 5.74) is 15.0. The van der Waals surface area contributed by atoms with E-state index in [1.807, 2.05) is 62.4 Å². The van der Waals surface area contributed by atoms with Crippen molar-refractivity contribution in [3.8, 4) is 23.7 Å². The number of halogens is 1. The van der Waals surface area contributed by atoms with Crippen molar-refractivity contribution < 1.29 is 23.5 Å². The minimum atomic E-state index is -0.572. The van der Waals surface area contributed by atoms with Crippen LogP contribution >= 0.6 is 11.6 Å². The second kappa shape index (κ2) is 21.4. The predicted molar refractivity (Wildman–Crippen MR) is 161 cm³/mol. The lowest BCUT2D eigenvalue weighted by molar-refractivity contribution is 0.158. The van der Waals surface area contributed by atoms with E-state index in [-0.39, 0.29) is 13.2 Å². The van der Waals surface area contributed by atoms with Gasteiger partial charge in [-0.05, 0) is 46.2 Å². The molecule has 0 fully saturated rings. The Morgan fingerprint density at radius 1 is 0.683 bits per heavy atom. The Balaban J connectivity index is 0.00000201. The third kappa shape index (κ3) is 14.5. The molecule has 0 unspecified atom stereocenters. The van der Waals surface area contributed by atoms with Crippen LogP contribution in [0.3, 0.4) is 0 Å². The van der Waals surface area contributed by atoms with Crippen molar-refractivity contribution in [1.29, 1.82) is 0 Å². The molecule has 1 heterocycles. The highest BCUT2D eigenvalue weighted by Crippen LogP contribution is 2.06. The molecule has 1 aromatic heterocycles. The minimum absolute atomic E-state index is 0.0974. The van der Waals surface area contributed by atoms with Gasteiger partial charge in [0.2, 0.25) is 0 Å². The Labute approximate surface area is 246 Å². The quantitative estimate of drug-likeness (QED) is 0.225. The maximum absolute atomic E-state index is 11.8. The Hall–Kier alpha value is -4.41. The van der Waals surface area contributed by atoms with Gasteiger partial charge in [0.05, 0.1) is 0 Å². The van der Waals surface area contributed by atoms with E-state index in [9.17, 15) is 9.59 Å². The van der Waals surface area contributed by atoms with Gasteiger partial charge in [0.25, 0.3) is 0 Å². The van der Waals surface area contributed by atoms with Crippen LogP contribution < -0.4 is 22.1 Å². The first-order valence-corrected chi connectivity index (χ1v) is 13.6. The Morgan fingerprint density at radius 3 is 1.37 bits per heavy atom. The highest BCUT2D eigenvalue weighted by atomic mass is 35.5. The van der Waals surface area contributed by atoms with Crippen LogP contribution in [0.1, 0.15) is 47.6 Å². The number of alkyl halides is 1. The lowest BCUT2D eigenvalue weighted by atomic mass is 10.1. The van der Waals surface area contributed by atoms with Crippen LogP contribution in [0.15, 0.2) is 65.1 Å². The molecular formula is C31H37ClN4O5. The number of nitrogens with two attached hydrogens (primary N) is 2. The third-order valence-corrected chi connectivity index (χ3v) is 4.97. The van der Waals surface area contributed by atoms with Crippen molar-refractivity contribution in [2.24, 2.45) is 11.5 Å². The summed E-state index contributed by atoms with van der Waals surface area (Å²) in [6, 6.07) is 18.5. The molecule has 0 saturated heterocycles. The van der Waals surface area contributed by atoms with E-state index in [4.69, 9.17) is 25.4 Å². The van der Waals surface area contributed by atoms with Gasteiger partial charge in [-0.25, -0.2) is 9.59 Å². The van der Waals surface area contributed by atoms with Gasteiger partial charge in [-0.15, -0.1) is 11.6 Å². The van der Waals surface area contributed by atoms with Gasteiger partial charge in [0.1, 0.15) is 0 Å². The van der Waals surface area contributed by atoms with Crippen LogP contribution in [-0.2, 0) is 35.7 Å². The molecule has 0 aliphatic carbocycles. The molecule has 0 atom stereocenters. The summed E-state index contributed by atoms with van der Waals surface area (Å²) in [6.45, 7) is 5.42. The molecule has 41 heavy (non-hydrogen) atoms. The average molecular weight is 581 g/mol. The molecule has 2 aromatic carbocycles. The SMILES string of the molecule is CC.CCl.NCc1ccc(CNC(=O)OCC#Cc2ccc(C#CCOC(=O)NCc3ccc(CN)cc3)o2)cc1. The number of nitrogens with one attached hydrogen (secondary N) is 2. The summed E-state index contributed by atoms with van der Waals surface area (Å²) >= 11 is 4.64. The molecule has 0 bridgehead atoms. The highest BCUT2D eigenvalue weighted by Gasteiger charge is 2.03. The van der Waals surface area contributed by atoms with Crippen LogP contribution in [0.4, 0.5) is 9.59 Å². The number of furan rings is 1. The monoisotopic (exact) mass is 580 g/mol. The molecule has 0 saturated carbocycles. The van der Waals surface area contributed by atoms with E-state index in [1.54, 1.807) is 12.1 Å². The van der Waals surface area contributed by atoms with E-state index in [1.165, 1.54) is 6.38 Å². The van der Waals surface area contributed by atoms with Crippen LogP contribution in [0.25, 0.3) is 0 Å². The smallest absolute Gasteiger partial charge is 0.408 e. The van der Waals surface area contributed by atoms with E-state index in [0.29, 0.717) is 37.7 Å². The average Bonchev–Trinajstić information content (AvgIpc) is 3.49. The molecule has 10 heteroatoms. The summed E-state index contributed by atoms with van der Waals surface area (Å²) in [7, 11) is 0. The van der Waals surface area contributed by atoms with E-state index in [2.05, 4.69) is 45.9 Å². The topological polar surface area (TPSA) is 142 Å². The molecule has 6 N–H and O–H groups in total. The number of rotatable bonds is 8. The van der Waals surface area contributed by atoms with Crippen molar-refractivity contribution in [3.05, 3.63) is 94.4 Å². The first-order chi connectivity index (χ1) is 20.1. The number of hydrogen-bond donors (Lipinski definition) is 4. The Morgan fingerprint density at radius 2 is 1.02 bits per heavy atom. The summed E-state index contributed by atoms with van der Waals surface area (Å²) < 4.78 is 15.5. The molecule has 0 radical (unpaired) electrons. The number of alkyl carbamates (subject to hydrolysis) is 2. The zero-order valence-corrected chi connectivity index (χ0v) is 24.3. The fourth-order valence-electron chi connectivity index (χ4n) is 2.96. The maximum Gasteiger partial charge on any atom is 0.408 e. The van der Waals surface area contributed by atoms with Crippen LogP contribution in [-0.4, -0.2) is 31.8 Å². The molecular weight excluding hydrogens is 544 g/mol. The predicted octanol–water partition coefficient (Wildman–Crippen LogP) is 4.63. The molecule has 3 rings (SSSR count). The van der Waals surface area contributed by atoms with Gasteiger partial charge in [-0.1, -0.05) is 74.2 Å². The normalized spacial score (nSPS) is 9.12. The molecule has 0 aliphatic heterocycles. The minimum Gasteiger partial charge on any atom is -0.439 e. The first-order valence-electron chi connectivity index (χ1n) is 12.9. The first kappa shape index (κ1) is 34.6. The summed E-state index contributed by atoms with van der Waals surface area (Å²) in [6.07, 6.45) is 0.327. The fourth-order valence-corrected chi connectivity index (χ4v) is 2.96. The molecule has 3 aromatic rings. The zero-order valence-electron chi connectivity index (χ0n) is 23.6. The van der Waals surface area contributed by atoms with Crippen molar-refractivity contribution in [2.75, 3.05) is 19.6 Å². The highest BCUT2D eigenvalue weighted by molar-refractivity contribution is 6.15. The standard InChI is InChI=1S/C28H28N4O5.C2H6.CH3Cl/c29-17-21-5-9-23(10-6-21)19-31-27(33)35-15-1-3-25-13-14-26(37-25)4-2-16-36-28(34)32-20-24-11-7-22(18-30)8-12-24;2*1-2/h5-14H,15-20,29-30H2,(H,31,33)(H,32,34);1-2H3;1H3. The lowest BCUT2D eigenvalue weighted by Gasteiger charge is -2.05. The third-order valence-electron chi connectivity index (χ3n) is 4.97. The Bertz CT molecular complexity index is 1200. The van der Waals surface area contributed by atoms with Crippen molar-refractivity contribution >= 4 is 23.8 Å². The lowest BCUT2D eigenvalue weighted by Crippen LogP contribution is -2.23. The number of benzene rings is 2. The van der Waals surface area contributed by atoms with Crippen LogP contribution in [0.5, 0.6) is 0 Å². The van der Waals surface area contributed by atoms with E-state index >= 15 is 0 Å². The number of amides is 2. The summed E-state index contributed by atoms with van der Waals surface area (Å²) in [5, 5.41) is 5.30. The molecule has 9 nitrogen and oxygen atoms in total. The second-order valence-electron chi connectivity index (χ2n) is 7.67. The number of hydrogen-bond acceptors (Lipinski definition) is 7. The second-order valence-corrected chi connectivity index (χ2v) is 7.67. The van der Waals surface area contributed by atoms with Gasteiger partial charge in [-0.3, -0.25) is 0 Å². The van der Waals surface area contributed by atoms with Gasteiger partial charge in [-0.2, -0.15) is 0 Å². The van der Waals surface area contributed by atoms with Gasteiger partial charge in [0.15, 0.2) is 24.7 Å². The number of carbonyl (C=O) groups is 2. The maximum atomic E-state index is 11.8. The molecule has 0 spiro atoms. The van der Waals surface area contributed by atoms with Gasteiger partial charge >= 0.3 is 12.2 Å². The fraction of sp³-hybridized carbons (Fsp3) is 0.290. The van der Waals surface area contributed by atoms with Crippen molar-refractivity contribution in [3.63, 3.8) is 0 Å². The molecule has 2 amide bonds. The molecule has 0 aliphatic rings. The van der Waals surface area contributed by atoms with Crippen LogP contribution in [0.2, 0.25) is 0 Å². The summed E-state index contributed by atoms with van der Waals surface area (Å²) in [4.78, 5) is 23.6. The number of carbonyl (C=O) groups excluding carboxylic acids is 2. The van der Waals surface area contributed by atoms with Crippen molar-refractivity contribution in [1.82, 2.24) is 10.6 Å².